The van der Waals surface area contributed by atoms with Gasteiger partial charge >= 0.3 is 0 Å². The predicted molar refractivity (Wildman–Crippen MR) is 108 cm³/mol. The summed E-state index contributed by atoms with van der Waals surface area (Å²) in [5.41, 5.74) is 3.89. The number of nitro groups is 1. The monoisotopic (exact) mass is 415 g/mol. The summed E-state index contributed by atoms with van der Waals surface area (Å²) in [7, 11) is 3.14. The van der Waals surface area contributed by atoms with Crippen LogP contribution >= 0.6 is 11.8 Å². The number of aromatic nitrogens is 2. The highest BCUT2D eigenvalue weighted by atomic mass is 32.2. The number of carbonyl (C=O) groups is 1. The third-order valence-corrected chi connectivity index (χ3v) is 5.02. The van der Waals surface area contributed by atoms with E-state index in [1.165, 1.54) is 18.9 Å². The number of benzene rings is 2. The Morgan fingerprint density at radius 3 is 2.90 bits per heavy atom. The molecular weight excluding hydrogens is 398 g/mol. The number of carbonyl (C=O) groups excluding carboxylic acids is 1. The molecule has 11 heteroatoms. The van der Waals surface area contributed by atoms with Crippen LogP contribution < -0.4 is 10.2 Å². The summed E-state index contributed by atoms with van der Waals surface area (Å²) >= 11 is 1.25. The number of methoxy groups -OCH3 is 1. The van der Waals surface area contributed by atoms with E-state index in [1.807, 2.05) is 35.9 Å². The molecule has 0 aliphatic heterocycles. The first kappa shape index (κ1) is 20.1. The van der Waals surface area contributed by atoms with Crippen LogP contribution in [-0.4, -0.2) is 44.6 Å². The summed E-state index contributed by atoms with van der Waals surface area (Å²) in [4.78, 5) is 26.9. The third kappa shape index (κ3) is 4.46. The summed E-state index contributed by atoms with van der Waals surface area (Å²) in [6, 6.07) is 9.86. The van der Waals surface area contributed by atoms with Crippen molar-refractivity contribution < 1.29 is 19.6 Å². The molecule has 0 spiro atoms. The maximum absolute atomic E-state index is 12.0. The zero-order valence-corrected chi connectivity index (χ0v) is 16.3. The van der Waals surface area contributed by atoms with Gasteiger partial charge < -0.3 is 14.4 Å². The Bertz CT molecular complexity index is 1110. The standard InChI is InChI=1S/C18H17N5O5S/c1-22-14-6-4-3-5-13(14)20-18(22)29-10-16(24)21-19-9-11-7-12(23(26)27)8-15(28-2)17(11)25/h3-9,25H,10H2,1-2H3,(H,21,24)/b19-9-. The summed E-state index contributed by atoms with van der Waals surface area (Å²) < 4.78 is 6.80. The van der Waals surface area contributed by atoms with Gasteiger partial charge in [0.25, 0.3) is 11.6 Å². The maximum atomic E-state index is 12.0. The number of hydrogen-bond donors (Lipinski definition) is 2. The van der Waals surface area contributed by atoms with Gasteiger partial charge in [-0.05, 0) is 12.1 Å². The molecular formula is C18H17N5O5S. The number of aryl methyl sites for hydroxylation is 1. The van der Waals surface area contributed by atoms with Crippen LogP contribution in [0.15, 0.2) is 46.7 Å². The first-order valence-electron chi connectivity index (χ1n) is 8.32. The molecule has 0 radical (unpaired) electrons. The Morgan fingerprint density at radius 2 is 2.21 bits per heavy atom. The van der Waals surface area contributed by atoms with E-state index in [0.29, 0.717) is 5.16 Å². The number of para-hydroxylation sites is 2. The van der Waals surface area contributed by atoms with Gasteiger partial charge in [0.05, 0.1) is 41.1 Å². The first-order chi connectivity index (χ1) is 13.9. The van der Waals surface area contributed by atoms with Crippen LogP contribution in [0.5, 0.6) is 11.5 Å². The fourth-order valence-electron chi connectivity index (χ4n) is 2.56. The van der Waals surface area contributed by atoms with Gasteiger partial charge in [-0.15, -0.1) is 0 Å². The fraction of sp³-hybridized carbons (Fsp3) is 0.167. The molecule has 0 aliphatic rings. The minimum absolute atomic E-state index is 0.0411. The number of fused-ring (bicyclic) bond motifs is 1. The number of nitrogens with zero attached hydrogens (tertiary/aromatic N) is 4. The molecule has 1 heterocycles. The Labute approximate surface area is 169 Å². The average molecular weight is 415 g/mol. The third-order valence-electron chi connectivity index (χ3n) is 3.99. The van der Waals surface area contributed by atoms with E-state index < -0.39 is 10.8 Å². The van der Waals surface area contributed by atoms with Crippen LogP contribution in [0.4, 0.5) is 5.69 Å². The highest BCUT2D eigenvalue weighted by molar-refractivity contribution is 7.99. The maximum Gasteiger partial charge on any atom is 0.274 e. The van der Waals surface area contributed by atoms with Crippen LogP contribution in [0.3, 0.4) is 0 Å². The quantitative estimate of drug-likeness (QED) is 0.262. The minimum atomic E-state index is -0.620. The lowest BCUT2D eigenvalue weighted by Gasteiger charge is -2.06. The highest BCUT2D eigenvalue weighted by Crippen LogP contribution is 2.33. The molecule has 1 amide bonds. The van der Waals surface area contributed by atoms with Gasteiger partial charge in [0, 0.05) is 18.7 Å². The van der Waals surface area contributed by atoms with E-state index in [0.717, 1.165) is 29.4 Å². The van der Waals surface area contributed by atoms with Gasteiger partial charge in [0.2, 0.25) is 0 Å². The number of phenols is 1. The predicted octanol–water partition coefficient (Wildman–Crippen LogP) is 2.44. The van der Waals surface area contributed by atoms with E-state index >= 15 is 0 Å². The van der Waals surface area contributed by atoms with Gasteiger partial charge in [0.1, 0.15) is 0 Å². The fourth-order valence-corrected chi connectivity index (χ4v) is 3.34. The number of hydrogen-bond acceptors (Lipinski definition) is 8. The molecule has 0 fully saturated rings. The van der Waals surface area contributed by atoms with Crippen LogP contribution in [0, 0.1) is 10.1 Å². The van der Waals surface area contributed by atoms with E-state index in [2.05, 4.69) is 15.5 Å². The Kier molecular flexibility index (Phi) is 5.98. The first-order valence-corrected chi connectivity index (χ1v) is 9.30. The highest BCUT2D eigenvalue weighted by Gasteiger charge is 2.16. The average Bonchev–Trinajstić information content (AvgIpc) is 3.03. The Hall–Kier alpha value is -3.60. The summed E-state index contributed by atoms with van der Waals surface area (Å²) in [6.07, 6.45) is 1.11. The number of non-ortho nitro benzene ring substituents is 1. The van der Waals surface area contributed by atoms with Gasteiger partial charge in [-0.3, -0.25) is 14.9 Å². The molecule has 29 heavy (non-hydrogen) atoms. The second-order valence-electron chi connectivity index (χ2n) is 5.87. The summed E-state index contributed by atoms with van der Waals surface area (Å²) in [5, 5.41) is 25.5. The number of aromatic hydroxyl groups is 1. The largest absolute Gasteiger partial charge is 0.504 e. The van der Waals surface area contributed by atoms with Gasteiger partial charge in [0.15, 0.2) is 16.7 Å². The lowest BCUT2D eigenvalue weighted by Crippen LogP contribution is -2.19. The number of phenolic OH excluding ortho intramolecular Hbond substituents is 1. The number of thioether (sulfide) groups is 1. The van der Waals surface area contributed by atoms with E-state index in [1.54, 1.807) is 0 Å². The number of amides is 1. The second kappa shape index (κ2) is 8.61. The molecule has 0 unspecified atom stereocenters. The van der Waals surface area contributed by atoms with Crippen LogP contribution in [0.2, 0.25) is 0 Å². The normalized spacial score (nSPS) is 11.1. The van der Waals surface area contributed by atoms with Crippen LogP contribution in [-0.2, 0) is 11.8 Å². The molecule has 10 nitrogen and oxygen atoms in total. The summed E-state index contributed by atoms with van der Waals surface area (Å²) in [5.74, 6) is -0.705. The van der Waals surface area contributed by atoms with Crippen LogP contribution in [0.1, 0.15) is 5.56 Å². The zero-order chi connectivity index (χ0) is 21.0. The van der Waals surface area contributed by atoms with Crippen LogP contribution in [0.25, 0.3) is 11.0 Å². The SMILES string of the molecule is COc1cc([N+](=O)[O-])cc(/C=N\NC(=O)CSc2nc3ccccc3n2C)c1O. The van der Waals surface area contributed by atoms with Crippen molar-refractivity contribution in [2.75, 3.05) is 12.9 Å². The van der Waals surface area contributed by atoms with Gasteiger partial charge in [-0.25, -0.2) is 10.4 Å². The molecule has 3 rings (SSSR count). The van der Waals surface area contributed by atoms with E-state index in [-0.39, 0.29) is 28.5 Å². The van der Waals surface area contributed by atoms with E-state index in [9.17, 15) is 20.0 Å². The number of nitrogens with one attached hydrogen (secondary N) is 1. The molecule has 150 valence electrons. The zero-order valence-electron chi connectivity index (χ0n) is 15.5. The van der Waals surface area contributed by atoms with Crippen molar-refractivity contribution in [3.63, 3.8) is 0 Å². The Balaban J connectivity index is 1.64. The molecule has 3 aromatic rings. The van der Waals surface area contributed by atoms with Crippen molar-refractivity contribution in [3.05, 3.63) is 52.1 Å². The number of hydrazone groups is 1. The molecule has 2 aromatic carbocycles. The topological polar surface area (TPSA) is 132 Å². The van der Waals surface area contributed by atoms with Gasteiger partial charge in [-0.2, -0.15) is 5.10 Å². The molecule has 2 N–H and O–H groups in total. The minimum Gasteiger partial charge on any atom is -0.504 e. The van der Waals surface area contributed by atoms with Crippen molar-refractivity contribution in [1.29, 1.82) is 0 Å². The number of rotatable bonds is 7. The molecule has 0 saturated heterocycles. The van der Waals surface area contributed by atoms with Crippen molar-refractivity contribution in [2.24, 2.45) is 12.1 Å². The lowest BCUT2D eigenvalue weighted by atomic mass is 10.2. The van der Waals surface area contributed by atoms with E-state index in [4.69, 9.17) is 4.74 Å². The molecule has 0 aliphatic carbocycles. The van der Waals surface area contributed by atoms with Crippen molar-refractivity contribution in [1.82, 2.24) is 15.0 Å². The summed E-state index contributed by atoms with van der Waals surface area (Å²) in [6.45, 7) is 0. The van der Waals surface area contributed by atoms with Crippen molar-refractivity contribution in [2.45, 2.75) is 5.16 Å². The lowest BCUT2D eigenvalue weighted by molar-refractivity contribution is -0.385. The molecule has 0 atom stereocenters. The van der Waals surface area contributed by atoms with Crippen molar-refractivity contribution >= 4 is 40.6 Å². The molecule has 0 bridgehead atoms. The number of imidazole rings is 1. The smallest absolute Gasteiger partial charge is 0.274 e. The molecule has 1 aromatic heterocycles. The number of ether oxygens (including phenoxy) is 1. The second-order valence-corrected chi connectivity index (χ2v) is 6.81. The Morgan fingerprint density at radius 1 is 1.45 bits per heavy atom. The molecule has 0 saturated carbocycles. The number of nitro benzene ring substituents is 1. The van der Waals surface area contributed by atoms with Crippen molar-refractivity contribution in [3.8, 4) is 11.5 Å². The van der Waals surface area contributed by atoms with Gasteiger partial charge in [-0.1, -0.05) is 23.9 Å².